The van der Waals surface area contributed by atoms with Gasteiger partial charge in [0.2, 0.25) is 0 Å². The molecule has 0 unspecified atom stereocenters. The summed E-state index contributed by atoms with van der Waals surface area (Å²) in [6, 6.07) is 20.8. The minimum Gasteiger partial charge on any atom is -0.378 e. The van der Waals surface area contributed by atoms with E-state index in [1.807, 2.05) is 70.1 Å². The Kier molecular flexibility index (Phi) is 5.33. The van der Waals surface area contributed by atoms with Crippen LogP contribution in [0, 0.1) is 12.7 Å². The molecule has 1 aliphatic heterocycles. The molecule has 2 aromatic heterocycles. The van der Waals surface area contributed by atoms with Gasteiger partial charge in [-0.25, -0.2) is 9.37 Å². The Morgan fingerprint density at radius 2 is 1.66 bits per heavy atom. The van der Waals surface area contributed by atoms with Crippen molar-refractivity contribution in [1.29, 1.82) is 0 Å². The van der Waals surface area contributed by atoms with Gasteiger partial charge in [-0.15, -0.1) is 0 Å². The van der Waals surface area contributed by atoms with Crippen LogP contribution in [0.25, 0.3) is 16.7 Å². The number of aryl methyl sites for hydroxylation is 1. The SMILES string of the molecule is Cc1c(F)c(N2CCOCC2)nc2c1c(=O)cc(Nc1ccccc1)n2-c1ccccc1. The summed E-state index contributed by atoms with van der Waals surface area (Å²) >= 11 is 0. The summed E-state index contributed by atoms with van der Waals surface area (Å²) in [5.74, 6) is 0.352. The van der Waals surface area contributed by atoms with Crippen molar-refractivity contribution in [2.75, 3.05) is 36.5 Å². The average Bonchev–Trinajstić information content (AvgIpc) is 2.83. The number of fused-ring (bicyclic) bond motifs is 1. The number of pyridine rings is 2. The Hall–Kier alpha value is -3.71. The highest BCUT2D eigenvalue weighted by atomic mass is 19.1. The first-order valence-electron chi connectivity index (χ1n) is 10.6. The van der Waals surface area contributed by atoms with Crippen molar-refractivity contribution in [2.24, 2.45) is 0 Å². The Morgan fingerprint density at radius 1 is 1.00 bits per heavy atom. The molecule has 7 heteroatoms. The Bertz CT molecular complexity index is 1320. The average molecular weight is 430 g/mol. The van der Waals surface area contributed by atoms with Crippen LogP contribution in [-0.2, 0) is 4.74 Å². The fourth-order valence-electron chi connectivity index (χ4n) is 4.07. The molecule has 5 rings (SSSR count). The quantitative estimate of drug-likeness (QED) is 0.520. The molecule has 2 aromatic carbocycles. The van der Waals surface area contributed by atoms with E-state index in [-0.39, 0.29) is 16.6 Å². The molecular formula is C25H23FN4O2. The molecule has 0 aliphatic carbocycles. The first kappa shape index (κ1) is 20.2. The monoisotopic (exact) mass is 430 g/mol. The zero-order valence-corrected chi connectivity index (χ0v) is 17.7. The highest BCUT2D eigenvalue weighted by Crippen LogP contribution is 2.30. The molecule has 32 heavy (non-hydrogen) atoms. The van der Waals surface area contributed by atoms with Crippen LogP contribution >= 0.6 is 0 Å². The summed E-state index contributed by atoms with van der Waals surface area (Å²) in [5, 5.41) is 3.61. The maximum absolute atomic E-state index is 15.4. The maximum atomic E-state index is 15.4. The van der Waals surface area contributed by atoms with Gasteiger partial charge in [0.25, 0.3) is 0 Å². The summed E-state index contributed by atoms with van der Waals surface area (Å²) in [7, 11) is 0. The standard InChI is InChI=1S/C25H23FN4O2/c1-17-22-20(31)16-21(27-18-8-4-2-5-9-18)30(19-10-6-3-7-11-19)24(22)28-25(23(17)26)29-12-14-32-15-13-29/h2-11,16,27H,12-15H2,1H3. The van der Waals surface area contributed by atoms with Crippen molar-refractivity contribution in [3.8, 4) is 5.69 Å². The topological polar surface area (TPSA) is 59.4 Å². The lowest BCUT2D eigenvalue weighted by atomic mass is 10.1. The molecule has 1 N–H and O–H groups in total. The van der Waals surface area contributed by atoms with Gasteiger partial charge in [-0.1, -0.05) is 36.4 Å². The molecule has 3 heterocycles. The molecule has 0 atom stereocenters. The fraction of sp³-hybridized carbons (Fsp3) is 0.200. The van der Waals surface area contributed by atoms with Crippen LogP contribution in [-0.4, -0.2) is 35.9 Å². The molecule has 1 aliphatic rings. The fourth-order valence-corrected chi connectivity index (χ4v) is 4.07. The number of aromatic nitrogens is 2. The third-order valence-electron chi connectivity index (χ3n) is 5.67. The first-order valence-corrected chi connectivity index (χ1v) is 10.6. The number of hydrogen-bond donors (Lipinski definition) is 1. The second-order valence-electron chi connectivity index (χ2n) is 7.73. The van der Waals surface area contributed by atoms with Gasteiger partial charge in [0.15, 0.2) is 22.7 Å². The summed E-state index contributed by atoms with van der Waals surface area (Å²) in [4.78, 5) is 19.7. The van der Waals surface area contributed by atoms with E-state index in [0.29, 0.717) is 43.3 Å². The van der Waals surface area contributed by atoms with Crippen LogP contribution < -0.4 is 15.6 Å². The lowest BCUT2D eigenvalue weighted by Gasteiger charge is -2.29. The number of ether oxygens (including phenoxy) is 1. The van der Waals surface area contributed by atoms with E-state index in [2.05, 4.69) is 5.32 Å². The molecule has 6 nitrogen and oxygen atoms in total. The van der Waals surface area contributed by atoms with Gasteiger partial charge in [-0.05, 0) is 31.2 Å². The van der Waals surface area contributed by atoms with Gasteiger partial charge in [0.05, 0.1) is 18.6 Å². The zero-order valence-electron chi connectivity index (χ0n) is 17.7. The minimum absolute atomic E-state index is 0.249. The van der Waals surface area contributed by atoms with Crippen LogP contribution in [0.5, 0.6) is 0 Å². The van der Waals surface area contributed by atoms with Crippen molar-refractivity contribution in [2.45, 2.75) is 6.92 Å². The summed E-state index contributed by atoms with van der Waals surface area (Å²) in [6.07, 6.45) is 0. The van der Waals surface area contributed by atoms with E-state index in [4.69, 9.17) is 9.72 Å². The number of benzene rings is 2. The molecule has 0 saturated carbocycles. The lowest BCUT2D eigenvalue weighted by molar-refractivity contribution is 0.122. The predicted molar refractivity (Wildman–Crippen MR) is 125 cm³/mol. The third-order valence-corrected chi connectivity index (χ3v) is 5.67. The number of anilines is 3. The van der Waals surface area contributed by atoms with Gasteiger partial charge >= 0.3 is 0 Å². The van der Waals surface area contributed by atoms with Crippen LogP contribution in [0.4, 0.5) is 21.7 Å². The number of para-hydroxylation sites is 2. The number of nitrogens with zero attached hydrogens (tertiary/aromatic N) is 3. The van der Waals surface area contributed by atoms with Gasteiger partial charge in [-0.2, -0.15) is 0 Å². The van der Waals surface area contributed by atoms with Gasteiger partial charge < -0.3 is 15.0 Å². The molecule has 1 saturated heterocycles. The Labute approximate surface area is 184 Å². The van der Waals surface area contributed by atoms with Crippen LogP contribution in [0.1, 0.15) is 5.56 Å². The molecule has 0 bridgehead atoms. The lowest BCUT2D eigenvalue weighted by Crippen LogP contribution is -2.37. The van der Waals surface area contributed by atoms with E-state index in [1.54, 1.807) is 6.92 Å². The van der Waals surface area contributed by atoms with Gasteiger partial charge in [0.1, 0.15) is 5.82 Å². The molecule has 1 fully saturated rings. The van der Waals surface area contributed by atoms with E-state index >= 15 is 4.39 Å². The van der Waals surface area contributed by atoms with Crippen LogP contribution in [0.3, 0.4) is 0 Å². The second-order valence-corrected chi connectivity index (χ2v) is 7.73. The number of morpholine rings is 1. The van der Waals surface area contributed by atoms with Crippen LogP contribution in [0.15, 0.2) is 71.5 Å². The largest absolute Gasteiger partial charge is 0.378 e. The summed E-state index contributed by atoms with van der Waals surface area (Å²) in [6.45, 7) is 3.77. The van der Waals surface area contributed by atoms with E-state index in [0.717, 1.165) is 11.4 Å². The number of nitrogens with one attached hydrogen (secondary N) is 1. The minimum atomic E-state index is -0.458. The van der Waals surface area contributed by atoms with Crippen molar-refractivity contribution in [3.63, 3.8) is 0 Å². The summed E-state index contributed by atoms with van der Waals surface area (Å²) < 4.78 is 22.7. The Morgan fingerprint density at radius 3 is 2.34 bits per heavy atom. The summed E-state index contributed by atoms with van der Waals surface area (Å²) in [5.41, 5.74) is 2.11. The molecule has 162 valence electrons. The van der Waals surface area contributed by atoms with Gasteiger partial charge in [0, 0.05) is 36.1 Å². The van der Waals surface area contributed by atoms with Crippen LogP contribution in [0.2, 0.25) is 0 Å². The van der Waals surface area contributed by atoms with E-state index in [1.165, 1.54) is 6.07 Å². The second kappa shape index (κ2) is 8.43. The van der Waals surface area contributed by atoms with E-state index in [9.17, 15) is 4.79 Å². The number of halogens is 1. The zero-order chi connectivity index (χ0) is 22.1. The molecule has 0 spiro atoms. The first-order chi connectivity index (χ1) is 15.6. The number of hydrogen-bond acceptors (Lipinski definition) is 5. The molecule has 4 aromatic rings. The third kappa shape index (κ3) is 3.61. The van der Waals surface area contributed by atoms with Gasteiger partial charge in [-0.3, -0.25) is 9.36 Å². The van der Waals surface area contributed by atoms with Crippen molar-refractivity contribution in [1.82, 2.24) is 9.55 Å². The maximum Gasteiger partial charge on any atom is 0.193 e. The highest BCUT2D eigenvalue weighted by molar-refractivity contribution is 5.85. The predicted octanol–water partition coefficient (Wildman–Crippen LogP) is 4.41. The molecule has 0 amide bonds. The van der Waals surface area contributed by atoms with Crippen molar-refractivity contribution < 1.29 is 9.13 Å². The normalized spacial score (nSPS) is 14.0. The number of rotatable bonds is 4. The molecular weight excluding hydrogens is 407 g/mol. The van der Waals surface area contributed by atoms with E-state index < -0.39 is 5.82 Å². The molecule has 0 radical (unpaired) electrons. The highest BCUT2D eigenvalue weighted by Gasteiger charge is 2.24. The van der Waals surface area contributed by atoms with Crippen molar-refractivity contribution >= 4 is 28.4 Å². The smallest absolute Gasteiger partial charge is 0.193 e. The van der Waals surface area contributed by atoms with Crippen molar-refractivity contribution in [3.05, 3.63) is 88.3 Å². The Balaban J connectivity index is 1.80.